The fourth-order valence-electron chi connectivity index (χ4n) is 1.77. The van der Waals surface area contributed by atoms with Crippen molar-refractivity contribution in [3.8, 4) is 0 Å². The number of benzene rings is 1. The van der Waals surface area contributed by atoms with E-state index < -0.39 is 0 Å². The van der Waals surface area contributed by atoms with Crippen LogP contribution in [0.1, 0.15) is 20.9 Å². The zero-order chi connectivity index (χ0) is 16.7. The van der Waals surface area contributed by atoms with Gasteiger partial charge in [0.15, 0.2) is 11.4 Å². The van der Waals surface area contributed by atoms with Crippen molar-refractivity contribution < 1.29 is 13.8 Å². The highest BCUT2D eigenvalue weighted by molar-refractivity contribution is 7.92. The molecular weight excluding hydrogens is 358 g/mol. The van der Waals surface area contributed by atoms with E-state index in [9.17, 15) is 9.59 Å². The molecule has 0 aliphatic heterocycles. The van der Waals surface area contributed by atoms with E-state index in [1.807, 2.05) is 18.2 Å². The predicted molar refractivity (Wildman–Crippen MR) is 93.0 cm³/mol. The van der Waals surface area contributed by atoms with Crippen LogP contribution in [-0.4, -0.2) is 30.8 Å². The van der Waals surface area contributed by atoms with Gasteiger partial charge in [0.1, 0.15) is 12.3 Å². The molecule has 2 rings (SSSR count). The number of aromatic nitrogens is 1. The molecule has 0 unspecified atom stereocenters. The maximum atomic E-state index is 11.7. The molecule has 0 fully saturated rings. The lowest BCUT2D eigenvalue weighted by molar-refractivity contribution is -0.117. The summed E-state index contributed by atoms with van der Waals surface area (Å²) in [5.74, 6) is -0.340. The van der Waals surface area contributed by atoms with Crippen LogP contribution < -0.4 is 10.0 Å². The largest absolute Gasteiger partial charge is 0.300 e. The Kier molecular flexibility index (Phi) is 7.00. The van der Waals surface area contributed by atoms with Crippen LogP contribution in [0.25, 0.3) is 0 Å². The molecule has 0 spiro atoms. The molecule has 23 heavy (non-hydrogen) atoms. The van der Waals surface area contributed by atoms with Crippen LogP contribution in [0, 0.1) is 0 Å². The maximum Gasteiger partial charge on any atom is 0.253 e. The Bertz CT molecular complexity index is 694. The number of hydrogen-bond acceptors (Lipinski definition) is 7. The molecule has 1 amide bonds. The lowest BCUT2D eigenvalue weighted by Crippen LogP contribution is -2.17. The highest BCUT2D eigenvalue weighted by Crippen LogP contribution is 2.25. The Hall–Kier alpha value is -1.45. The van der Waals surface area contributed by atoms with E-state index in [1.54, 1.807) is 13.1 Å². The Labute approximate surface area is 146 Å². The minimum atomic E-state index is -0.340. The van der Waals surface area contributed by atoms with Gasteiger partial charge in [-0.1, -0.05) is 23.7 Å². The predicted octanol–water partition coefficient (Wildman–Crippen LogP) is 2.94. The molecule has 0 atom stereocenters. The van der Waals surface area contributed by atoms with E-state index >= 15 is 0 Å². The average Bonchev–Trinajstić information content (AvgIpc) is 2.89. The van der Waals surface area contributed by atoms with E-state index in [0.29, 0.717) is 28.6 Å². The Balaban J connectivity index is 2.05. The smallest absolute Gasteiger partial charge is 0.253 e. The van der Waals surface area contributed by atoms with Gasteiger partial charge in [-0.25, -0.2) is 9.71 Å². The van der Waals surface area contributed by atoms with Crippen LogP contribution in [0.3, 0.4) is 0 Å². The van der Waals surface area contributed by atoms with Crippen LogP contribution in [0.5, 0.6) is 0 Å². The monoisotopic (exact) mass is 371 g/mol. The van der Waals surface area contributed by atoms with Gasteiger partial charge in [-0.2, -0.15) is 0 Å². The molecule has 0 aliphatic carbocycles. The summed E-state index contributed by atoms with van der Waals surface area (Å²) in [4.78, 5) is 27.7. The van der Waals surface area contributed by atoms with E-state index in [2.05, 4.69) is 15.0 Å². The summed E-state index contributed by atoms with van der Waals surface area (Å²) in [6.07, 6.45) is 1.20. The third kappa shape index (κ3) is 5.60. The number of nitrogens with one attached hydrogen (secondary N) is 2. The summed E-state index contributed by atoms with van der Waals surface area (Å²) in [5, 5.41) is 3.61. The Morgan fingerprint density at radius 1 is 1.52 bits per heavy atom. The third-order valence-electron chi connectivity index (χ3n) is 2.67. The zero-order valence-electron chi connectivity index (χ0n) is 12.2. The highest BCUT2D eigenvalue weighted by atomic mass is 35.5. The lowest BCUT2D eigenvalue weighted by atomic mass is 10.1. The summed E-state index contributed by atoms with van der Waals surface area (Å²) < 4.78 is 7.66. The van der Waals surface area contributed by atoms with E-state index in [4.69, 9.17) is 15.8 Å². The molecular formula is C14H14ClN3O3S2. The molecule has 0 saturated heterocycles. The van der Waals surface area contributed by atoms with Crippen molar-refractivity contribution >= 4 is 52.5 Å². The van der Waals surface area contributed by atoms with Crippen molar-refractivity contribution in [2.24, 2.45) is 0 Å². The van der Waals surface area contributed by atoms with Gasteiger partial charge in [0.2, 0.25) is 0 Å². The number of carbonyl (C=O) groups excluding carboxylic acids is 2. The molecule has 1 aromatic carbocycles. The molecule has 6 nitrogen and oxygen atoms in total. The third-order valence-corrected chi connectivity index (χ3v) is 4.30. The zero-order valence-corrected chi connectivity index (χ0v) is 14.6. The minimum Gasteiger partial charge on any atom is -0.300 e. The first-order valence-corrected chi connectivity index (χ1v) is 8.50. The number of thiazole rings is 1. The van der Waals surface area contributed by atoms with Crippen LogP contribution >= 0.6 is 35.2 Å². The normalized spacial score (nSPS) is 10.5. The van der Waals surface area contributed by atoms with Crippen molar-refractivity contribution in [2.75, 3.05) is 19.0 Å². The van der Waals surface area contributed by atoms with Crippen LogP contribution in [0.4, 0.5) is 5.13 Å². The average molecular weight is 372 g/mol. The standard InChI is InChI=1S/C14H14ClN3O3S2/c1-16-23-21-8-13(20)18-14-17-11(7-19)12(22-14)6-9-3-2-4-10(15)5-9/h2-5,7,16H,6,8H2,1H3,(H,17,18,20). The summed E-state index contributed by atoms with van der Waals surface area (Å²) in [6, 6.07) is 7.38. The van der Waals surface area contributed by atoms with Gasteiger partial charge in [-0.3, -0.25) is 19.1 Å². The van der Waals surface area contributed by atoms with Gasteiger partial charge >= 0.3 is 0 Å². The molecule has 1 heterocycles. The first kappa shape index (κ1) is 17.9. The van der Waals surface area contributed by atoms with Crippen LogP contribution in [-0.2, 0) is 15.4 Å². The first-order chi connectivity index (χ1) is 11.1. The van der Waals surface area contributed by atoms with Gasteiger partial charge in [0, 0.05) is 16.3 Å². The number of amides is 1. The number of nitrogens with zero attached hydrogens (tertiary/aromatic N) is 1. The first-order valence-electron chi connectivity index (χ1n) is 6.56. The molecule has 1 aromatic heterocycles. The number of rotatable bonds is 8. The van der Waals surface area contributed by atoms with E-state index in [-0.39, 0.29) is 12.5 Å². The Morgan fingerprint density at radius 2 is 2.35 bits per heavy atom. The van der Waals surface area contributed by atoms with Gasteiger partial charge in [-0.05, 0) is 24.7 Å². The fraction of sp³-hybridized carbons (Fsp3) is 0.214. The van der Waals surface area contributed by atoms with Crippen LogP contribution in [0.2, 0.25) is 5.02 Å². The van der Waals surface area contributed by atoms with Crippen molar-refractivity contribution in [3.05, 3.63) is 45.4 Å². The van der Waals surface area contributed by atoms with Crippen LogP contribution in [0.15, 0.2) is 24.3 Å². The summed E-state index contributed by atoms with van der Waals surface area (Å²) in [7, 11) is 1.68. The maximum absolute atomic E-state index is 11.7. The van der Waals surface area contributed by atoms with Crippen molar-refractivity contribution in [1.29, 1.82) is 0 Å². The number of halogens is 1. The van der Waals surface area contributed by atoms with Gasteiger partial charge in [0.05, 0.1) is 12.2 Å². The molecule has 0 radical (unpaired) electrons. The molecule has 2 aromatic rings. The summed E-state index contributed by atoms with van der Waals surface area (Å²) in [6.45, 7) is -0.120. The number of aldehydes is 1. The van der Waals surface area contributed by atoms with E-state index in [1.165, 1.54) is 11.3 Å². The van der Waals surface area contributed by atoms with Gasteiger partial charge in [0.25, 0.3) is 5.91 Å². The molecule has 122 valence electrons. The topological polar surface area (TPSA) is 80.3 Å². The van der Waals surface area contributed by atoms with Gasteiger partial charge in [-0.15, -0.1) is 11.3 Å². The minimum absolute atomic E-state index is 0.120. The lowest BCUT2D eigenvalue weighted by Gasteiger charge is -2.01. The highest BCUT2D eigenvalue weighted by Gasteiger charge is 2.13. The molecule has 0 bridgehead atoms. The Morgan fingerprint density at radius 3 is 3.04 bits per heavy atom. The molecule has 0 saturated carbocycles. The van der Waals surface area contributed by atoms with Crippen molar-refractivity contribution in [2.45, 2.75) is 6.42 Å². The second-order valence-electron chi connectivity index (χ2n) is 4.35. The molecule has 2 N–H and O–H groups in total. The summed E-state index contributed by atoms with van der Waals surface area (Å²) >= 11 is 8.18. The van der Waals surface area contributed by atoms with E-state index in [0.717, 1.165) is 22.7 Å². The fourth-order valence-corrected chi connectivity index (χ4v) is 3.24. The molecule has 9 heteroatoms. The second kappa shape index (κ2) is 8.99. The number of anilines is 1. The number of hydrogen-bond donors (Lipinski definition) is 2. The summed E-state index contributed by atoms with van der Waals surface area (Å²) in [5.41, 5.74) is 1.28. The molecule has 0 aliphatic rings. The number of carbonyl (C=O) groups is 2. The van der Waals surface area contributed by atoms with Gasteiger partial charge < -0.3 is 0 Å². The SMILES string of the molecule is CNSOCC(=O)Nc1nc(C=O)c(Cc2cccc(Cl)c2)s1. The quantitative estimate of drug-likeness (QED) is 0.321. The van der Waals surface area contributed by atoms with Crippen molar-refractivity contribution in [3.63, 3.8) is 0 Å². The second-order valence-corrected chi connectivity index (χ2v) is 6.68. The van der Waals surface area contributed by atoms with Crippen molar-refractivity contribution in [1.82, 2.24) is 9.71 Å².